The van der Waals surface area contributed by atoms with Gasteiger partial charge in [-0.2, -0.15) is 0 Å². The summed E-state index contributed by atoms with van der Waals surface area (Å²) in [6.45, 7) is 0. The summed E-state index contributed by atoms with van der Waals surface area (Å²) in [5, 5.41) is 13.3. The zero-order valence-electron chi connectivity index (χ0n) is 17.3. The van der Waals surface area contributed by atoms with Gasteiger partial charge in [-0.25, -0.2) is 9.67 Å². The third-order valence-electron chi connectivity index (χ3n) is 4.90. The van der Waals surface area contributed by atoms with Gasteiger partial charge < -0.3 is 10.3 Å². The van der Waals surface area contributed by atoms with E-state index in [9.17, 15) is 9.59 Å². The highest BCUT2D eigenvalue weighted by molar-refractivity contribution is 7.99. The van der Waals surface area contributed by atoms with Crippen molar-refractivity contribution in [2.75, 3.05) is 11.1 Å². The number of hydrogen-bond donors (Lipinski definition) is 2. The Morgan fingerprint density at radius 2 is 1.94 bits per heavy atom. The number of para-hydroxylation sites is 2. The molecule has 2 aromatic carbocycles. The summed E-state index contributed by atoms with van der Waals surface area (Å²) in [6, 6.07) is 17.2. The fourth-order valence-corrected chi connectivity index (χ4v) is 5.09. The lowest BCUT2D eigenvalue weighted by molar-refractivity contribution is -0.113. The number of anilines is 1. The molecule has 0 aliphatic rings. The fraction of sp³-hybridized carbons (Fsp3) is 0.0870. The third-order valence-corrected chi connectivity index (χ3v) is 6.71. The maximum absolute atomic E-state index is 12.8. The molecule has 0 fully saturated rings. The number of H-pyrrole nitrogens is 1. The predicted molar refractivity (Wildman–Crippen MR) is 132 cm³/mol. The van der Waals surface area contributed by atoms with Crippen molar-refractivity contribution in [2.45, 2.75) is 5.75 Å². The number of hydrogen-bond acceptors (Lipinski definition) is 7. The molecular weight excluding hydrogens is 456 g/mol. The van der Waals surface area contributed by atoms with E-state index in [4.69, 9.17) is 0 Å². The Balaban J connectivity index is 1.25. The van der Waals surface area contributed by atoms with Crippen molar-refractivity contribution in [1.29, 1.82) is 0 Å². The SMILES string of the molecule is O=C(CSCc1nc2scc(-c3ccccc3)c2c(=O)[nH]1)Nc1ccccc1-n1ccnn1. The molecule has 0 spiro atoms. The van der Waals surface area contributed by atoms with Crippen LogP contribution in [0.2, 0.25) is 0 Å². The van der Waals surface area contributed by atoms with Gasteiger partial charge in [-0.05, 0) is 17.7 Å². The zero-order chi connectivity index (χ0) is 22.6. The Bertz CT molecular complexity index is 1460. The molecule has 8 nitrogen and oxygen atoms in total. The van der Waals surface area contributed by atoms with Gasteiger partial charge in [-0.1, -0.05) is 47.7 Å². The van der Waals surface area contributed by atoms with Crippen LogP contribution >= 0.6 is 23.1 Å². The van der Waals surface area contributed by atoms with E-state index in [2.05, 4.69) is 25.6 Å². The molecule has 0 saturated heterocycles. The molecule has 0 bridgehead atoms. The molecule has 0 aliphatic carbocycles. The normalized spacial score (nSPS) is 11.0. The van der Waals surface area contributed by atoms with Crippen LogP contribution in [0.3, 0.4) is 0 Å². The van der Waals surface area contributed by atoms with Gasteiger partial charge in [0.1, 0.15) is 10.7 Å². The maximum Gasteiger partial charge on any atom is 0.260 e. The zero-order valence-corrected chi connectivity index (χ0v) is 18.9. The molecule has 0 aliphatic heterocycles. The Morgan fingerprint density at radius 3 is 2.76 bits per heavy atom. The van der Waals surface area contributed by atoms with Crippen molar-refractivity contribution in [3.05, 3.63) is 88.5 Å². The molecule has 33 heavy (non-hydrogen) atoms. The van der Waals surface area contributed by atoms with E-state index < -0.39 is 0 Å². The van der Waals surface area contributed by atoms with E-state index in [0.717, 1.165) is 16.8 Å². The van der Waals surface area contributed by atoms with Crippen molar-refractivity contribution in [2.24, 2.45) is 0 Å². The number of aromatic nitrogens is 5. The van der Waals surface area contributed by atoms with Crippen molar-refractivity contribution in [3.63, 3.8) is 0 Å². The second kappa shape index (κ2) is 9.39. The summed E-state index contributed by atoms with van der Waals surface area (Å²) in [7, 11) is 0. The standard InChI is InChI=1S/C23H18N6O2S2/c30-20(25-17-8-4-5-9-18(17)29-11-10-24-28-29)14-32-13-19-26-22(31)21-16(12-33-23(21)27-19)15-6-2-1-3-7-15/h1-12H,13-14H2,(H,25,30)(H,26,27,31). The molecule has 10 heteroatoms. The maximum atomic E-state index is 12.8. The molecule has 3 heterocycles. The van der Waals surface area contributed by atoms with Gasteiger partial charge in [0.25, 0.3) is 5.56 Å². The smallest absolute Gasteiger partial charge is 0.260 e. The first kappa shape index (κ1) is 21.1. The van der Waals surface area contributed by atoms with Crippen LogP contribution < -0.4 is 10.9 Å². The number of nitrogens with zero attached hydrogens (tertiary/aromatic N) is 4. The highest BCUT2D eigenvalue weighted by Crippen LogP contribution is 2.30. The number of nitrogens with one attached hydrogen (secondary N) is 2. The number of rotatable bonds is 7. The monoisotopic (exact) mass is 474 g/mol. The number of carbonyl (C=O) groups is 1. The highest BCUT2D eigenvalue weighted by atomic mass is 32.2. The van der Waals surface area contributed by atoms with Gasteiger partial charge in [0, 0.05) is 10.9 Å². The number of aromatic amines is 1. The van der Waals surface area contributed by atoms with Crippen LogP contribution in [0.5, 0.6) is 0 Å². The summed E-state index contributed by atoms with van der Waals surface area (Å²) in [5.41, 5.74) is 3.09. The van der Waals surface area contributed by atoms with Crippen LogP contribution in [-0.4, -0.2) is 36.6 Å². The summed E-state index contributed by atoms with van der Waals surface area (Å²) >= 11 is 2.83. The Morgan fingerprint density at radius 1 is 1.12 bits per heavy atom. The summed E-state index contributed by atoms with van der Waals surface area (Å²) in [5.74, 6) is 1.03. The average molecular weight is 475 g/mol. The lowest BCUT2D eigenvalue weighted by Crippen LogP contribution is -2.16. The van der Waals surface area contributed by atoms with Crippen LogP contribution in [0.25, 0.3) is 27.0 Å². The molecule has 0 saturated carbocycles. The summed E-state index contributed by atoms with van der Waals surface area (Å²) in [6.07, 6.45) is 3.29. The van der Waals surface area contributed by atoms with E-state index in [1.165, 1.54) is 23.1 Å². The van der Waals surface area contributed by atoms with Crippen LogP contribution in [0.15, 0.2) is 77.2 Å². The van der Waals surface area contributed by atoms with Crippen molar-refractivity contribution < 1.29 is 4.79 Å². The average Bonchev–Trinajstić information content (AvgIpc) is 3.51. The predicted octanol–water partition coefficient (Wildman–Crippen LogP) is 4.10. The molecule has 5 aromatic rings. The van der Waals surface area contributed by atoms with E-state index in [1.807, 2.05) is 60.0 Å². The van der Waals surface area contributed by atoms with Crippen LogP contribution in [-0.2, 0) is 10.5 Å². The Labute approximate surface area is 196 Å². The molecule has 0 unspecified atom stereocenters. The van der Waals surface area contributed by atoms with E-state index in [0.29, 0.717) is 27.5 Å². The van der Waals surface area contributed by atoms with E-state index in [-0.39, 0.29) is 17.2 Å². The largest absolute Gasteiger partial charge is 0.323 e. The molecule has 5 rings (SSSR count). The number of carbonyl (C=O) groups excluding carboxylic acids is 1. The van der Waals surface area contributed by atoms with Gasteiger partial charge in [0.05, 0.1) is 40.7 Å². The first-order chi connectivity index (χ1) is 16.2. The third kappa shape index (κ3) is 4.57. The second-order valence-electron chi connectivity index (χ2n) is 7.11. The first-order valence-corrected chi connectivity index (χ1v) is 12.1. The molecule has 2 N–H and O–H groups in total. The number of amides is 1. The minimum atomic E-state index is -0.165. The van der Waals surface area contributed by atoms with Crippen molar-refractivity contribution >= 4 is 44.9 Å². The van der Waals surface area contributed by atoms with Crippen LogP contribution in [0, 0.1) is 0 Å². The van der Waals surface area contributed by atoms with Gasteiger partial charge in [-0.15, -0.1) is 28.2 Å². The Hall–Kier alpha value is -3.76. The minimum Gasteiger partial charge on any atom is -0.323 e. The summed E-state index contributed by atoms with van der Waals surface area (Å²) in [4.78, 5) is 33.4. The van der Waals surface area contributed by atoms with E-state index in [1.54, 1.807) is 17.1 Å². The van der Waals surface area contributed by atoms with Gasteiger partial charge in [0.15, 0.2) is 0 Å². The number of thiophene rings is 1. The highest BCUT2D eigenvalue weighted by Gasteiger charge is 2.14. The molecule has 3 aromatic heterocycles. The lowest BCUT2D eigenvalue weighted by atomic mass is 10.1. The van der Waals surface area contributed by atoms with Gasteiger partial charge in [0.2, 0.25) is 5.91 Å². The minimum absolute atomic E-state index is 0.154. The number of fused-ring (bicyclic) bond motifs is 1. The second-order valence-corrected chi connectivity index (χ2v) is 8.96. The lowest BCUT2D eigenvalue weighted by Gasteiger charge is -2.10. The first-order valence-electron chi connectivity index (χ1n) is 10.1. The van der Waals surface area contributed by atoms with Crippen LogP contribution in [0.1, 0.15) is 5.82 Å². The Kier molecular flexibility index (Phi) is 6.01. The van der Waals surface area contributed by atoms with Gasteiger partial charge in [-0.3, -0.25) is 9.59 Å². The molecule has 0 atom stereocenters. The number of benzene rings is 2. The molecule has 164 valence electrons. The number of thioether (sulfide) groups is 1. The van der Waals surface area contributed by atoms with Gasteiger partial charge >= 0.3 is 0 Å². The molecule has 0 radical (unpaired) electrons. The summed E-state index contributed by atoms with van der Waals surface area (Å²) < 4.78 is 1.59. The molecule has 1 amide bonds. The fourth-order valence-electron chi connectivity index (χ4n) is 3.43. The topological polar surface area (TPSA) is 106 Å². The van der Waals surface area contributed by atoms with Crippen molar-refractivity contribution in [1.82, 2.24) is 25.0 Å². The molecular formula is C23H18N6O2S2. The van der Waals surface area contributed by atoms with Crippen LogP contribution in [0.4, 0.5) is 5.69 Å². The quantitative estimate of drug-likeness (QED) is 0.368. The van der Waals surface area contributed by atoms with E-state index >= 15 is 0 Å². The van der Waals surface area contributed by atoms with Crippen molar-refractivity contribution in [3.8, 4) is 16.8 Å².